The van der Waals surface area contributed by atoms with Crippen LogP contribution in [0.15, 0.2) is 24.3 Å². The fourth-order valence-corrected chi connectivity index (χ4v) is 1.52. The number of nitrogens with zero attached hydrogens (tertiary/aromatic N) is 1. The van der Waals surface area contributed by atoms with E-state index in [4.69, 9.17) is 10.00 Å². The highest BCUT2D eigenvalue weighted by Gasteiger charge is 1.99. The second-order valence-electron chi connectivity index (χ2n) is 4.51. The molecule has 0 saturated heterocycles. The van der Waals surface area contributed by atoms with Crippen LogP contribution in [-0.4, -0.2) is 13.2 Å². The molecular weight excluding hydrogens is 224 g/mol. The van der Waals surface area contributed by atoms with E-state index in [-0.39, 0.29) is 5.92 Å². The number of nitrogens with one attached hydrogen (secondary N) is 1. The molecule has 0 heterocycles. The number of ether oxygens (including phenoxy) is 1. The molecule has 3 nitrogen and oxygen atoms in total. The van der Waals surface area contributed by atoms with Gasteiger partial charge in [-0.05, 0) is 31.0 Å². The SMILES string of the molecule is CCCCOc1ccc(CNCC(C)C#N)cc1. The molecule has 98 valence electrons. The van der Waals surface area contributed by atoms with E-state index >= 15 is 0 Å². The summed E-state index contributed by atoms with van der Waals surface area (Å²) >= 11 is 0. The highest BCUT2D eigenvalue weighted by molar-refractivity contribution is 5.27. The molecule has 0 radical (unpaired) electrons. The van der Waals surface area contributed by atoms with E-state index in [1.807, 2.05) is 19.1 Å². The van der Waals surface area contributed by atoms with Crippen molar-refractivity contribution >= 4 is 0 Å². The minimum Gasteiger partial charge on any atom is -0.494 e. The summed E-state index contributed by atoms with van der Waals surface area (Å²) in [6.45, 7) is 6.37. The van der Waals surface area contributed by atoms with Gasteiger partial charge in [-0.15, -0.1) is 0 Å². The fraction of sp³-hybridized carbons (Fsp3) is 0.533. The van der Waals surface area contributed by atoms with Crippen molar-refractivity contribution in [3.05, 3.63) is 29.8 Å². The third-order valence-electron chi connectivity index (χ3n) is 2.69. The third kappa shape index (κ3) is 5.70. The lowest BCUT2D eigenvalue weighted by molar-refractivity contribution is 0.309. The molecule has 0 spiro atoms. The summed E-state index contributed by atoms with van der Waals surface area (Å²) in [5.41, 5.74) is 1.21. The van der Waals surface area contributed by atoms with E-state index in [1.54, 1.807) is 0 Å². The maximum atomic E-state index is 8.66. The smallest absolute Gasteiger partial charge is 0.119 e. The molecule has 0 aliphatic carbocycles. The Morgan fingerprint density at radius 3 is 2.67 bits per heavy atom. The molecule has 0 aliphatic heterocycles. The molecule has 1 aromatic carbocycles. The molecule has 0 fully saturated rings. The van der Waals surface area contributed by atoms with Crippen molar-refractivity contribution in [2.75, 3.05) is 13.2 Å². The molecule has 3 heteroatoms. The number of hydrogen-bond acceptors (Lipinski definition) is 3. The van der Waals surface area contributed by atoms with Crippen LogP contribution in [0.1, 0.15) is 32.3 Å². The van der Waals surface area contributed by atoms with E-state index in [9.17, 15) is 0 Å². The number of benzene rings is 1. The van der Waals surface area contributed by atoms with Gasteiger partial charge < -0.3 is 10.1 Å². The van der Waals surface area contributed by atoms with Crippen molar-refractivity contribution in [3.63, 3.8) is 0 Å². The van der Waals surface area contributed by atoms with Crippen LogP contribution in [0.3, 0.4) is 0 Å². The minimum absolute atomic E-state index is 0.0571. The first kappa shape index (κ1) is 14.5. The highest BCUT2D eigenvalue weighted by Crippen LogP contribution is 2.12. The predicted molar refractivity (Wildman–Crippen MR) is 73.3 cm³/mol. The Morgan fingerprint density at radius 2 is 2.06 bits per heavy atom. The standard InChI is InChI=1S/C15H22N2O/c1-3-4-9-18-15-7-5-14(6-8-15)12-17-11-13(2)10-16/h5-8,13,17H,3-4,9,11-12H2,1-2H3. The Balaban J connectivity index is 2.29. The Hall–Kier alpha value is -1.53. The molecule has 0 aromatic heterocycles. The van der Waals surface area contributed by atoms with E-state index in [0.29, 0.717) is 0 Å². The summed E-state index contributed by atoms with van der Waals surface area (Å²) in [6, 6.07) is 10.3. The molecule has 1 rings (SSSR count). The van der Waals surface area contributed by atoms with Crippen LogP contribution in [0.4, 0.5) is 0 Å². The summed E-state index contributed by atoms with van der Waals surface area (Å²) in [4.78, 5) is 0. The van der Waals surface area contributed by atoms with E-state index in [2.05, 4.69) is 30.4 Å². The van der Waals surface area contributed by atoms with E-state index < -0.39 is 0 Å². The second-order valence-corrected chi connectivity index (χ2v) is 4.51. The first-order valence-corrected chi connectivity index (χ1v) is 6.58. The summed E-state index contributed by atoms with van der Waals surface area (Å²) in [7, 11) is 0. The molecule has 0 aliphatic rings. The molecule has 18 heavy (non-hydrogen) atoms. The average molecular weight is 246 g/mol. The number of rotatable bonds is 8. The van der Waals surface area contributed by atoms with Crippen LogP contribution in [0.2, 0.25) is 0 Å². The van der Waals surface area contributed by atoms with Gasteiger partial charge in [-0.25, -0.2) is 0 Å². The maximum Gasteiger partial charge on any atom is 0.119 e. The number of unbranched alkanes of at least 4 members (excludes halogenated alkanes) is 1. The van der Waals surface area contributed by atoms with Crippen molar-refractivity contribution in [3.8, 4) is 11.8 Å². The Kier molecular flexibility index (Phi) is 6.90. The zero-order chi connectivity index (χ0) is 13.2. The summed E-state index contributed by atoms with van der Waals surface area (Å²) in [5.74, 6) is 0.985. The molecule has 1 N–H and O–H groups in total. The van der Waals surface area contributed by atoms with Gasteiger partial charge >= 0.3 is 0 Å². The average Bonchev–Trinajstić information content (AvgIpc) is 2.40. The lowest BCUT2D eigenvalue weighted by atomic mass is 10.2. The van der Waals surface area contributed by atoms with Crippen LogP contribution < -0.4 is 10.1 Å². The summed E-state index contributed by atoms with van der Waals surface area (Å²) in [5, 5.41) is 11.9. The largest absolute Gasteiger partial charge is 0.494 e. The third-order valence-corrected chi connectivity index (χ3v) is 2.69. The molecule has 0 saturated carbocycles. The van der Waals surface area contributed by atoms with Gasteiger partial charge in [0.25, 0.3) is 0 Å². The van der Waals surface area contributed by atoms with Gasteiger partial charge in [0.15, 0.2) is 0 Å². The van der Waals surface area contributed by atoms with Crippen molar-refractivity contribution in [1.82, 2.24) is 5.32 Å². The van der Waals surface area contributed by atoms with Crippen molar-refractivity contribution in [2.24, 2.45) is 5.92 Å². The van der Waals surface area contributed by atoms with Gasteiger partial charge in [0, 0.05) is 13.1 Å². The molecule has 1 unspecified atom stereocenters. The maximum absolute atomic E-state index is 8.66. The van der Waals surface area contributed by atoms with Gasteiger partial charge in [-0.1, -0.05) is 25.5 Å². The summed E-state index contributed by atoms with van der Waals surface area (Å²) < 4.78 is 5.60. The van der Waals surface area contributed by atoms with Crippen molar-refractivity contribution < 1.29 is 4.74 Å². The lowest BCUT2D eigenvalue weighted by Gasteiger charge is -2.08. The predicted octanol–water partition coefficient (Wildman–Crippen LogP) is 3.11. The normalized spacial score (nSPS) is 11.8. The van der Waals surface area contributed by atoms with Gasteiger partial charge in [0.05, 0.1) is 18.6 Å². The van der Waals surface area contributed by atoms with Crippen LogP contribution >= 0.6 is 0 Å². The van der Waals surface area contributed by atoms with E-state index in [0.717, 1.165) is 38.3 Å². The molecule has 0 bridgehead atoms. The molecular formula is C15H22N2O. The van der Waals surface area contributed by atoms with Crippen LogP contribution in [-0.2, 0) is 6.54 Å². The topological polar surface area (TPSA) is 45.0 Å². The molecule has 0 amide bonds. The first-order valence-electron chi connectivity index (χ1n) is 6.58. The van der Waals surface area contributed by atoms with Gasteiger partial charge in [0.2, 0.25) is 0 Å². The number of hydrogen-bond donors (Lipinski definition) is 1. The number of nitriles is 1. The molecule has 1 atom stereocenters. The Morgan fingerprint density at radius 1 is 1.33 bits per heavy atom. The fourth-order valence-electron chi connectivity index (χ4n) is 1.52. The lowest BCUT2D eigenvalue weighted by Crippen LogP contribution is -2.19. The van der Waals surface area contributed by atoms with Gasteiger partial charge in [0.1, 0.15) is 5.75 Å². The van der Waals surface area contributed by atoms with Crippen LogP contribution in [0.25, 0.3) is 0 Å². The van der Waals surface area contributed by atoms with E-state index in [1.165, 1.54) is 5.56 Å². The van der Waals surface area contributed by atoms with Crippen LogP contribution in [0, 0.1) is 17.2 Å². The molecule has 1 aromatic rings. The highest BCUT2D eigenvalue weighted by atomic mass is 16.5. The Labute approximate surface area is 110 Å². The van der Waals surface area contributed by atoms with Crippen molar-refractivity contribution in [2.45, 2.75) is 33.2 Å². The quantitative estimate of drug-likeness (QED) is 0.717. The monoisotopic (exact) mass is 246 g/mol. The Bertz CT molecular complexity index is 367. The zero-order valence-corrected chi connectivity index (χ0v) is 11.3. The zero-order valence-electron chi connectivity index (χ0n) is 11.3. The minimum atomic E-state index is 0.0571. The van der Waals surface area contributed by atoms with Gasteiger partial charge in [-0.2, -0.15) is 5.26 Å². The van der Waals surface area contributed by atoms with Crippen molar-refractivity contribution in [1.29, 1.82) is 5.26 Å². The van der Waals surface area contributed by atoms with Crippen LogP contribution in [0.5, 0.6) is 5.75 Å². The summed E-state index contributed by atoms with van der Waals surface area (Å²) in [6.07, 6.45) is 2.24. The first-order chi connectivity index (χ1) is 8.76. The second kappa shape index (κ2) is 8.54. The van der Waals surface area contributed by atoms with Gasteiger partial charge in [-0.3, -0.25) is 0 Å².